The van der Waals surface area contributed by atoms with E-state index in [0.29, 0.717) is 17.4 Å². The van der Waals surface area contributed by atoms with Gasteiger partial charge in [0.05, 0.1) is 23.7 Å². The van der Waals surface area contributed by atoms with Crippen molar-refractivity contribution >= 4 is 45.5 Å². The minimum Gasteiger partial charge on any atom is -0.378 e. The van der Waals surface area contributed by atoms with Gasteiger partial charge in [0.1, 0.15) is 0 Å². The third kappa shape index (κ3) is 6.13. The lowest BCUT2D eigenvalue weighted by atomic mass is 10.3. The van der Waals surface area contributed by atoms with Gasteiger partial charge in [0, 0.05) is 23.4 Å². The lowest BCUT2D eigenvalue weighted by Gasteiger charge is -2.10. The molecule has 8 nitrogen and oxygen atoms in total. The fourth-order valence-electron chi connectivity index (χ4n) is 2.27. The van der Waals surface area contributed by atoms with Crippen molar-refractivity contribution < 1.29 is 4.79 Å². The Bertz CT molecular complexity index is 976. The summed E-state index contributed by atoms with van der Waals surface area (Å²) in [6.07, 6.45) is 3.17. The number of carbonyl (C=O) groups is 1. The number of pyridine rings is 1. The summed E-state index contributed by atoms with van der Waals surface area (Å²) < 4.78 is 2.90. The van der Waals surface area contributed by atoms with Crippen molar-refractivity contribution in [2.75, 3.05) is 5.32 Å². The molecule has 1 atom stereocenters. The zero-order valence-electron chi connectivity index (χ0n) is 15.9. The van der Waals surface area contributed by atoms with E-state index in [-0.39, 0.29) is 11.2 Å². The van der Waals surface area contributed by atoms with Crippen LogP contribution >= 0.6 is 27.7 Å². The van der Waals surface area contributed by atoms with E-state index in [9.17, 15) is 4.79 Å². The van der Waals surface area contributed by atoms with Gasteiger partial charge in [-0.05, 0) is 43.3 Å². The van der Waals surface area contributed by atoms with Crippen LogP contribution in [0.15, 0.2) is 63.4 Å². The largest absolute Gasteiger partial charge is 0.378 e. The van der Waals surface area contributed by atoms with Crippen molar-refractivity contribution in [3.05, 3.63) is 64.7 Å². The first-order chi connectivity index (χ1) is 14.0. The van der Waals surface area contributed by atoms with Crippen LogP contribution in [0.4, 0.5) is 5.69 Å². The third-order valence-electron chi connectivity index (χ3n) is 3.93. The van der Waals surface area contributed by atoms with E-state index in [1.807, 2.05) is 48.0 Å². The van der Waals surface area contributed by atoms with E-state index in [1.165, 1.54) is 18.0 Å². The first-order valence-electron chi connectivity index (χ1n) is 8.81. The van der Waals surface area contributed by atoms with Gasteiger partial charge in [-0.1, -0.05) is 33.8 Å². The molecule has 0 radical (unpaired) electrons. The zero-order valence-corrected chi connectivity index (χ0v) is 18.3. The van der Waals surface area contributed by atoms with Crippen molar-refractivity contribution in [2.45, 2.75) is 23.9 Å². The third-order valence-corrected chi connectivity index (χ3v) is 5.59. The number of amides is 1. The van der Waals surface area contributed by atoms with Crippen LogP contribution in [0.1, 0.15) is 18.4 Å². The topological polar surface area (TPSA) is 97.1 Å². The summed E-state index contributed by atoms with van der Waals surface area (Å²) in [6.45, 7) is 2.32. The molecule has 3 aromatic rings. The maximum Gasteiger partial charge on any atom is 0.253 e. The molecule has 150 valence electrons. The normalized spacial score (nSPS) is 12.1. The van der Waals surface area contributed by atoms with E-state index in [4.69, 9.17) is 0 Å². The SMILES string of the molecule is CC(Sc1nnc(CNc2ccc(Br)cc2)n1C)C(=O)N/N=C/c1ccccn1. The van der Waals surface area contributed by atoms with Gasteiger partial charge in [0.25, 0.3) is 5.91 Å². The molecule has 0 bridgehead atoms. The second kappa shape index (κ2) is 10.2. The smallest absolute Gasteiger partial charge is 0.253 e. The number of aromatic nitrogens is 4. The van der Waals surface area contributed by atoms with Gasteiger partial charge in [-0.25, -0.2) is 5.43 Å². The molecule has 0 aliphatic carbocycles. The Morgan fingerprint density at radius 1 is 1.28 bits per heavy atom. The lowest BCUT2D eigenvalue weighted by Crippen LogP contribution is -2.27. The zero-order chi connectivity index (χ0) is 20.6. The molecular formula is C19H20BrN7OS. The molecule has 10 heteroatoms. The highest BCUT2D eigenvalue weighted by Crippen LogP contribution is 2.22. The highest BCUT2D eigenvalue weighted by atomic mass is 79.9. The van der Waals surface area contributed by atoms with Gasteiger partial charge in [0.15, 0.2) is 11.0 Å². The van der Waals surface area contributed by atoms with Crippen LogP contribution in [0.5, 0.6) is 0 Å². The molecule has 1 unspecified atom stereocenters. The summed E-state index contributed by atoms with van der Waals surface area (Å²) in [7, 11) is 1.88. The summed E-state index contributed by atoms with van der Waals surface area (Å²) in [5.74, 6) is 0.552. The number of benzene rings is 1. The highest BCUT2D eigenvalue weighted by Gasteiger charge is 2.18. The van der Waals surface area contributed by atoms with Gasteiger partial charge >= 0.3 is 0 Å². The Kier molecular flexibility index (Phi) is 7.36. The number of carbonyl (C=O) groups excluding carboxylic acids is 1. The van der Waals surface area contributed by atoms with E-state index in [1.54, 1.807) is 19.2 Å². The number of thioether (sulfide) groups is 1. The van der Waals surface area contributed by atoms with Crippen molar-refractivity contribution in [3.8, 4) is 0 Å². The second-order valence-electron chi connectivity index (χ2n) is 6.07. The van der Waals surface area contributed by atoms with Crippen LogP contribution in [0.2, 0.25) is 0 Å². The molecule has 0 aliphatic heterocycles. The summed E-state index contributed by atoms with van der Waals surface area (Å²) in [4.78, 5) is 16.4. The maximum atomic E-state index is 12.3. The molecule has 1 amide bonds. The standard InChI is InChI=1S/C19H20BrN7OS/c1-13(18(28)25-23-11-16-5-3-4-10-21-16)29-19-26-24-17(27(19)2)12-22-15-8-6-14(20)7-9-15/h3-11,13,22H,12H2,1-2H3,(H,25,28)/b23-11+. The van der Waals surface area contributed by atoms with Crippen molar-refractivity contribution in [2.24, 2.45) is 12.1 Å². The van der Waals surface area contributed by atoms with E-state index >= 15 is 0 Å². The Morgan fingerprint density at radius 2 is 2.07 bits per heavy atom. The van der Waals surface area contributed by atoms with Crippen LogP contribution in [-0.2, 0) is 18.4 Å². The molecular weight excluding hydrogens is 454 g/mol. The number of anilines is 1. The number of rotatable bonds is 8. The first kappa shape index (κ1) is 21.0. The van der Waals surface area contributed by atoms with Crippen molar-refractivity contribution in [1.82, 2.24) is 25.2 Å². The molecule has 3 rings (SSSR count). The van der Waals surface area contributed by atoms with Crippen LogP contribution in [-0.4, -0.2) is 37.1 Å². The molecule has 0 saturated carbocycles. The maximum absolute atomic E-state index is 12.3. The first-order valence-corrected chi connectivity index (χ1v) is 10.5. The Labute approximate surface area is 181 Å². The minimum absolute atomic E-state index is 0.222. The average Bonchev–Trinajstić information content (AvgIpc) is 3.07. The van der Waals surface area contributed by atoms with Gasteiger partial charge in [-0.2, -0.15) is 5.10 Å². The van der Waals surface area contributed by atoms with E-state index in [0.717, 1.165) is 16.0 Å². The summed E-state index contributed by atoms with van der Waals surface area (Å²) in [5.41, 5.74) is 4.19. The van der Waals surface area contributed by atoms with E-state index in [2.05, 4.69) is 47.0 Å². The number of hydrazone groups is 1. The molecule has 0 spiro atoms. The number of nitrogens with zero attached hydrogens (tertiary/aromatic N) is 5. The summed E-state index contributed by atoms with van der Waals surface area (Å²) in [5, 5.41) is 15.9. The summed E-state index contributed by atoms with van der Waals surface area (Å²) >= 11 is 4.74. The average molecular weight is 474 g/mol. The van der Waals surface area contributed by atoms with Crippen LogP contribution in [0.3, 0.4) is 0 Å². The number of hydrogen-bond donors (Lipinski definition) is 2. The fraction of sp³-hybridized carbons (Fsp3) is 0.211. The monoisotopic (exact) mass is 473 g/mol. The van der Waals surface area contributed by atoms with Gasteiger partial charge < -0.3 is 9.88 Å². The Balaban J connectivity index is 1.52. The number of nitrogens with one attached hydrogen (secondary N) is 2. The number of hydrogen-bond acceptors (Lipinski definition) is 7. The quantitative estimate of drug-likeness (QED) is 0.296. The molecule has 0 aliphatic rings. The van der Waals surface area contributed by atoms with Crippen LogP contribution < -0.4 is 10.7 Å². The molecule has 2 heterocycles. The van der Waals surface area contributed by atoms with Gasteiger partial charge in [0.2, 0.25) is 0 Å². The molecule has 29 heavy (non-hydrogen) atoms. The highest BCUT2D eigenvalue weighted by molar-refractivity contribution is 9.10. The van der Waals surface area contributed by atoms with Crippen molar-refractivity contribution in [3.63, 3.8) is 0 Å². The minimum atomic E-state index is -0.383. The van der Waals surface area contributed by atoms with Crippen molar-refractivity contribution in [1.29, 1.82) is 0 Å². The molecule has 0 saturated heterocycles. The fourth-order valence-corrected chi connectivity index (χ4v) is 3.36. The Hall–Kier alpha value is -2.72. The Morgan fingerprint density at radius 3 is 2.79 bits per heavy atom. The van der Waals surface area contributed by atoms with E-state index < -0.39 is 0 Å². The number of halogens is 1. The molecule has 0 fully saturated rings. The molecule has 1 aromatic carbocycles. The predicted molar refractivity (Wildman–Crippen MR) is 118 cm³/mol. The molecule has 2 N–H and O–H groups in total. The van der Waals surface area contributed by atoms with Gasteiger partial charge in [-0.15, -0.1) is 10.2 Å². The second-order valence-corrected chi connectivity index (χ2v) is 8.29. The molecule has 2 aromatic heterocycles. The van der Waals surface area contributed by atoms with Crippen LogP contribution in [0, 0.1) is 0 Å². The van der Waals surface area contributed by atoms with Gasteiger partial charge in [-0.3, -0.25) is 9.78 Å². The summed E-state index contributed by atoms with van der Waals surface area (Å²) in [6, 6.07) is 13.4. The lowest BCUT2D eigenvalue weighted by molar-refractivity contribution is -0.120. The predicted octanol–water partition coefficient (Wildman–Crippen LogP) is 3.22. The van der Waals surface area contributed by atoms with Crippen LogP contribution in [0.25, 0.3) is 0 Å².